The lowest BCUT2D eigenvalue weighted by molar-refractivity contribution is -0.150. The number of nitrogens with one attached hydrogen (secondary N) is 1. The molecule has 0 saturated carbocycles. The van der Waals surface area contributed by atoms with Crippen molar-refractivity contribution in [3.05, 3.63) is 59.9 Å². The molecule has 0 saturated heterocycles. The molecule has 1 aliphatic carbocycles. The molecular weight excluding hydrogens is 318 g/mol. The second-order valence-corrected chi connectivity index (χ2v) is 7.01. The molecule has 134 valence electrons. The van der Waals surface area contributed by atoms with Crippen LogP contribution in [0.3, 0.4) is 0 Å². The first kappa shape index (κ1) is 18.8. The zero-order valence-electron chi connectivity index (χ0n) is 15.0. The molecule has 0 aromatic heterocycles. The van der Waals surface area contributed by atoms with Gasteiger partial charge in [-0.3, -0.25) is 0 Å². The molecule has 1 unspecified atom stereocenters. The summed E-state index contributed by atoms with van der Waals surface area (Å²) in [4.78, 5) is 24.6. The van der Waals surface area contributed by atoms with Gasteiger partial charge in [0, 0.05) is 0 Å². The number of carbonyl (C=O) groups is 2. The van der Waals surface area contributed by atoms with Gasteiger partial charge in [0.05, 0.1) is 0 Å². The van der Waals surface area contributed by atoms with Crippen LogP contribution in [-0.4, -0.2) is 18.1 Å². The Bertz CT molecular complexity index is 656. The van der Waals surface area contributed by atoms with Crippen LogP contribution in [0.1, 0.15) is 39.2 Å². The van der Waals surface area contributed by atoms with Gasteiger partial charge >= 0.3 is 12.1 Å². The van der Waals surface area contributed by atoms with Gasteiger partial charge in [-0.15, -0.1) is 0 Å². The van der Waals surface area contributed by atoms with Gasteiger partial charge in [0.2, 0.25) is 0 Å². The normalized spacial score (nSPS) is 15.1. The van der Waals surface area contributed by atoms with Crippen LogP contribution in [0.2, 0.25) is 0 Å². The number of hydrogen-bond donors (Lipinski definition) is 1. The maximum Gasteiger partial charge on any atom is 0.413 e. The number of allylic oxidation sites excluding steroid dienone is 3. The van der Waals surface area contributed by atoms with Crippen molar-refractivity contribution in [3.63, 3.8) is 0 Å². The van der Waals surface area contributed by atoms with Gasteiger partial charge in [-0.2, -0.15) is 0 Å². The van der Waals surface area contributed by atoms with Crippen LogP contribution in [-0.2, 0) is 20.9 Å². The standard InChI is InChI=1S/C20H25NO4/c1-20(2,3)17(18(22)24-14-15-10-6-4-7-11-15)21-19(23)25-16-12-8-5-9-13-16/h4,6-8,10-13,17H,5,9,14H2,1-3H3,(H,21,23). The molecule has 1 atom stereocenters. The summed E-state index contributed by atoms with van der Waals surface area (Å²) in [5.74, 6) is 0.00975. The van der Waals surface area contributed by atoms with Crippen molar-refractivity contribution >= 4 is 12.1 Å². The summed E-state index contributed by atoms with van der Waals surface area (Å²) >= 11 is 0. The van der Waals surface area contributed by atoms with E-state index in [-0.39, 0.29) is 6.61 Å². The number of rotatable bonds is 5. The van der Waals surface area contributed by atoms with Crippen molar-refractivity contribution in [1.29, 1.82) is 0 Å². The topological polar surface area (TPSA) is 64.6 Å². The molecule has 0 aliphatic heterocycles. The van der Waals surface area contributed by atoms with Crippen molar-refractivity contribution in [2.24, 2.45) is 5.41 Å². The fourth-order valence-corrected chi connectivity index (χ4v) is 2.36. The molecule has 1 aromatic rings. The molecule has 0 heterocycles. The minimum absolute atomic E-state index is 0.164. The zero-order valence-corrected chi connectivity index (χ0v) is 15.0. The Labute approximate surface area is 148 Å². The van der Waals surface area contributed by atoms with Gasteiger partial charge in [-0.1, -0.05) is 57.2 Å². The van der Waals surface area contributed by atoms with Gasteiger partial charge < -0.3 is 14.8 Å². The number of hydrogen-bond acceptors (Lipinski definition) is 4. The molecule has 0 bridgehead atoms. The second-order valence-electron chi connectivity index (χ2n) is 7.01. The third kappa shape index (κ3) is 6.10. The summed E-state index contributed by atoms with van der Waals surface area (Å²) in [6, 6.07) is 8.61. The number of carbonyl (C=O) groups excluding carboxylic acids is 2. The smallest absolute Gasteiger partial charge is 0.413 e. The van der Waals surface area contributed by atoms with E-state index in [1.807, 2.05) is 63.3 Å². The van der Waals surface area contributed by atoms with Crippen molar-refractivity contribution in [2.45, 2.75) is 46.3 Å². The predicted octanol–water partition coefficient (Wildman–Crippen LogP) is 4.10. The summed E-state index contributed by atoms with van der Waals surface area (Å²) in [7, 11) is 0. The Balaban J connectivity index is 1.95. The molecule has 2 rings (SSSR count). The van der Waals surface area contributed by atoms with Crippen molar-refractivity contribution in [2.75, 3.05) is 0 Å². The molecule has 5 nitrogen and oxygen atoms in total. The molecule has 1 aliphatic rings. The van der Waals surface area contributed by atoms with Gasteiger partial charge in [0.1, 0.15) is 18.4 Å². The Morgan fingerprint density at radius 2 is 1.88 bits per heavy atom. The summed E-state index contributed by atoms with van der Waals surface area (Å²) in [5.41, 5.74) is 0.382. The third-order valence-electron chi connectivity index (χ3n) is 3.76. The summed E-state index contributed by atoms with van der Waals surface area (Å²) in [6.45, 7) is 5.75. The monoisotopic (exact) mass is 343 g/mol. The van der Waals surface area contributed by atoms with Crippen molar-refractivity contribution in [1.82, 2.24) is 5.32 Å². The number of esters is 1. The van der Waals surface area contributed by atoms with Crippen molar-refractivity contribution < 1.29 is 19.1 Å². The highest BCUT2D eigenvalue weighted by molar-refractivity contribution is 5.82. The Morgan fingerprint density at radius 3 is 2.48 bits per heavy atom. The van der Waals surface area contributed by atoms with Gasteiger partial charge in [0.25, 0.3) is 0 Å². The molecular formula is C20H25NO4. The number of benzene rings is 1. The summed E-state index contributed by atoms with van der Waals surface area (Å²) in [6.07, 6.45) is 6.65. The zero-order chi connectivity index (χ0) is 18.3. The number of ether oxygens (including phenoxy) is 2. The van der Waals surface area contributed by atoms with E-state index in [0.29, 0.717) is 5.76 Å². The lowest BCUT2D eigenvalue weighted by atomic mass is 9.87. The average molecular weight is 343 g/mol. The fourth-order valence-electron chi connectivity index (χ4n) is 2.36. The first-order chi connectivity index (χ1) is 11.9. The Morgan fingerprint density at radius 1 is 1.16 bits per heavy atom. The van der Waals surface area contributed by atoms with E-state index in [1.54, 1.807) is 6.08 Å². The number of amides is 1. The molecule has 5 heteroatoms. The first-order valence-corrected chi connectivity index (χ1v) is 8.42. The second kappa shape index (κ2) is 8.51. The van der Waals surface area contributed by atoms with Crippen molar-refractivity contribution in [3.8, 4) is 0 Å². The maximum atomic E-state index is 12.5. The van der Waals surface area contributed by atoms with Crippen LogP contribution in [0.5, 0.6) is 0 Å². The van der Waals surface area contributed by atoms with Crippen LogP contribution in [0.25, 0.3) is 0 Å². The quantitative estimate of drug-likeness (QED) is 0.817. The summed E-state index contributed by atoms with van der Waals surface area (Å²) in [5, 5.41) is 2.63. The highest BCUT2D eigenvalue weighted by Gasteiger charge is 2.34. The Kier molecular flexibility index (Phi) is 6.39. The lowest BCUT2D eigenvalue weighted by Gasteiger charge is -2.29. The van der Waals surface area contributed by atoms with E-state index in [9.17, 15) is 9.59 Å². The van der Waals surface area contributed by atoms with E-state index in [4.69, 9.17) is 9.47 Å². The van der Waals surface area contributed by atoms with Crippen LogP contribution in [0, 0.1) is 5.41 Å². The first-order valence-electron chi connectivity index (χ1n) is 8.42. The molecule has 25 heavy (non-hydrogen) atoms. The highest BCUT2D eigenvalue weighted by atomic mass is 16.6. The van der Waals surface area contributed by atoms with Crippen LogP contribution in [0.4, 0.5) is 4.79 Å². The van der Waals surface area contributed by atoms with Crippen LogP contribution < -0.4 is 5.32 Å². The molecule has 1 amide bonds. The van der Waals surface area contributed by atoms with Gasteiger partial charge in [-0.25, -0.2) is 9.59 Å². The lowest BCUT2D eigenvalue weighted by Crippen LogP contribution is -2.50. The van der Waals surface area contributed by atoms with E-state index in [2.05, 4.69) is 5.32 Å². The van der Waals surface area contributed by atoms with Gasteiger partial charge in [0.15, 0.2) is 0 Å². The largest absolute Gasteiger partial charge is 0.459 e. The maximum absolute atomic E-state index is 12.5. The van der Waals surface area contributed by atoms with E-state index >= 15 is 0 Å². The third-order valence-corrected chi connectivity index (χ3v) is 3.76. The van der Waals surface area contributed by atoms with Crippen LogP contribution >= 0.6 is 0 Å². The highest BCUT2D eigenvalue weighted by Crippen LogP contribution is 2.21. The molecule has 1 N–H and O–H groups in total. The predicted molar refractivity (Wildman–Crippen MR) is 95.6 cm³/mol. The van der Waals surface area contributed by atoms with E-state index in [0.717, 1.165) is 18.4 Å². The molecule has 0 spiro atoms. The SMILES string of the molecule is CC(C)(C)C(NC(=O)OC1=CCCC=C1)C(=O)OCc1ccccc1. The molecule has 1 aromatic carbocycles. The Hall–Kier alpha value is -2.56. The fraction of sp³-hybridized carbons (Fsp3) is 0.400. The van der Waals surface area contributed by atoms with E-state index < -0.39 is 23.5 Å². The number of alkyl carbamates (subject to hydrolysis) is 1. The van der Waals surface area contributed by atoms with E-state index in [1.165, 1.54) is 0 Å². The summed E-state index contributed by atoms with van der Waals surface area (Å²) < 4.78 is 10.6. The average Bonchev–Trinajstić information content (AvgIpc) is 2.58. The van der Waals surface area contributed by atoms with Gasteiger partial charge in [-0.05, 0) is 36.0 Å². The van der Waals surface area contributed by atoms with Crippen LogP contribution in [0.15, 0.2) is 54.3 Å². The minimum Gasteiger partial charge on any atom is -0.459 e. The minimum atomic E-state index is -0.808. The molecule has 0 radical (unpaired) electrons. The molecule has 0 fully saturated rings.